The second-order valence-electron chi connectivity index (χ2n) is 3.42. The summed E-state index contributed by atoms with van der Waals surface area (Å²) in [6.07, 6.45) is 1.50. The Balaban J connectivity index is 2.23. The fourth-order valence-corrected chi connectivity index (χ4v) is 2.67. The first-order valence-corrected chi connectivity index (χ1v) is 7.96. The van der Waals surface area contributed by atoms with Crippen LogP contribution >= 0.6 is 66.1 Å². The van der Waals surface area contributed by atoms with E-state index in [1.807, 2.05) is 0 Å². The van der Waals surface area contributed by atoms with E-state index < -0.39 is 0 Å². The van der Waals surface area contributed by atoms with Crippen molar-refractivity contribution < 1.29 is 4.79 Å². The third kappa shape index (κ3) is 3.87. The molecule has 0 aliphatic rings. The third-order valence-corrected chi connectivity index (χ3v) is 4.62. The predicted molar refractivity (Wildman–Crippen MR) is 89.6 cm³/mol. The Hall–Kier alpha value is -0.250. The molecule has 0 saturated heterocycles. The maximum absolute atomic E-state index is 12.0. The number of benzene rings is 1. The van der Waals surface area contributed by atoms with Crippen molar-refractivity contribution >= 4 is 77.8 Å². The first kappa shape index (κ1) is 15.1. The number of hydrogen-bond acceptors (Lipinski definition) is 3. The fraction of sp³-hybridized carbons (Fsp3) is 0. The van der Waals surface area contributed by atoms with Crippen LogP contribution < -0.4 is 5.32 Å². The molecule has 19 heavy (non-hydrogen) atoms. The molecule has 0 aliphatic heterocycles. The number of amides is 1. The van der Waals surface area contributed by atoms with Crippen LogP contribution in [-0.4, -0.2) is 15.9 Å². The Morgan fingerprint density at radius 1 is 1.37 bits per heavy atom. The van der Waals surface area contributed by atoms with E-state index >= 15 is 0 Å². The zero-order chi connectivity index (χ0) is 14.0. The van der Waals surface area contributed by atoms with Crippen LogP contribution in [0.15, 0.2) is 33.6 Å². The molecule has 2 rings (SSSR count). The van der Waals surface area contributed by atoms with E-state index in [0.29, 0.717) is 25.6 Å². The van der Waals surface area contributed by atoms with Gasteiger partial charge in [-0.3, -0.25) is 4.79 Å². The lowest BCUT2D eigenvalue weighted by Crippen LogP contribution is -2.14. The predicted octanol–water partition coefficient (Wildman–Crippen LogP) is 4.51. The van der Waals surface area contributed by atoms with E-state index in [0.717, 1.165) is 3.57 Å². The van der Waals surface area contributed by atoms with Crippen LogP contribution in [0.1, 0.15) is 10.4 Å². The van der Waals surface area contributed by atoms with Crippen LogP contribution in [0.4, 0.5) is 5.82 Å². The van der Waals surface area contributed by atoms with Crippen LogP contribution in [0, 0.1) is 3.57 Å². The first-order chi connectivity index (χ1) is 8.97. The summed E-state index contributed by atoms with van der Waals surface area (Å²) >= 11 is 14.5. The van der Waals surface area contributed by atoms with Gasteiger partial charge in [0.05, 0.1) is 11.2 Å². The normalized spacial score (nSPS) is 10.3. The molecule has 0 fully saturated rings. The summed E-state index contributed by atoms with van der Waals surface area (Å²) in [5, 5.41) is 3.20. The minimum absolute atomic E-state index is 0.296. The number of halogens is 4. The van der Waals surface area contributed by atoms with Gasteiger partial charge in [0.2, 0.25) is 0 Å². The second-order valence-corrected chi connectivity index (χ2v) is 6.55. The summed E-state index contributed by atoms with van der Waals surface area (Å²) in [4.78, 5) is 20.2. The highest BCUT2D eigenvalue weighted by atomic mass is 127. The van der Waals surface area contributed by atoms with Gasteiger partial charge in [-0.25, -0.2) is 9.97 Å². The molecule has 98 valence electrons. The molecule has 0 saturated carbocycles. The molecule has 0 radical (unpaired) electrons. The molecule has 8 heteroatoms. The van der Waals surface area contributed by atoms with Gasteiger partial charge in [0, 0.05) is 9.13 Å². The molecule has 0 spiro atoms. The average Bonchev–Trinajstić information content (AvgIpc) is 2.36. The first-order valence-electron chi connectivity index (χ1n) is 4.92. The highest BCUT2D eigenvalue weighted by molar-refractivity contribution is 14.1. The SMILES string of the molecule is O=C(Nc1ncc(Br)nc1Br)c1ccc(I)c(Cl)c1. The van der Waals surface area contributed by atoms with E-state index in [1.54, 1.807) is 18.2 Å². The van der Waals surface area contributed by atoms with E-state index in [1.165, 1.54) is 6.20 Å². The van der Waals surface area contributed by atoms with Crippen molar-refractivity contribution in [1.29, 1.82) is 0 Å². The molecule has 0 bridgehead atoms. The number of carbonyl (C=O) groups excluding carboxylic acids is 1. The Bertz CT molecular complexity index is 654. The van der Waals surface area contributed by atoms with Crippen molar-refractivity contribution in [2.45, 2.75) is 0 Å². The van der Waals surface area contributed by atoms with E-state index in [2.05, 4.69) is 69.7 Å². The molecule has 1 amide bonds. The Labute approximate surface area is 144 Å². The van der Waals surface area contributed by atoms with Crippen LogP contribution in [0.2, 0.25) is 5.02 Å². The fourth-order valence-electron chi connectivity index (χ4n) is 1.25. The topological polar surface area (TPSA) is 54.9 Å². The van der Waals surface area contributed by atoms with Gasteiger partial charge >= 0.3 is 0 Å². The smallest absolute Gasteiger partial charge is 0.256 e. The lowest BCUT2D eigenvalue weighted by molar-refractivity contribution is 0.102. The van der Waals surface area contributed by atoms with Crippen molar-refractivity contribution in [1.82, 2.24) is 9.97 Å². The molecule has 1 aromatic heterocycles. The number of carbonyl (C=O) groups is 1. The molecule has 2 aromatic rings. The molecule has 1 aromatic carbocycles. The number of hydrogen-bond donors (Lipinski definition) is 1. The van der Waals surface area contributed by atoms with Crippen molar-refractivity contribution in [3.63, 3.8) is 0 Å². The van der Waals surface area contributed by atoms with Gasteiger partial charge in [-0.15, -0.1) is 0 Å². The number of rotatable bonds is 2. The molecular weight excluding hydrogens is 512 g/mol. The summed E-state index contributed by atoms with van der Waals surface area (Å²) in [7, 11) is 0. The number of nitrogens with one attached hydrogen (secondary N) is 1. The molecule has 1 N–H and O–H groups in total. The summed E-state index contributed by atoms with van der Waals surface area (Å²) in [6, 6.07) is 5.09. The molecule has 1 heterocycles. The quantitative estimate of drug-likeness (QED) is 0.597. The van der Waals surface area contributed by atoms with Crippen LogP contribution in [0.25, 0.3) is 0 Å². The second kappa shape index (κ2) is 6.47. The van der Waals surface area contributed by atoms with Gasteiger partial charge in [-0.2, -0.15) is 0 Å². The minimum Gasteiger partial charge on any atom is -0.304 e. The number of aromatic nitrogens is 2. The number of anilines is 1. The summed E-state index contributed by atoms with van der Waals surface area (Å²) in [5.74, 6) is 0.0542. The minimum atomic E-state index is -0.296. The summed E-state index contributed by atoms with van der Waals surface area (Å²) in [6.45, 7) is 0. The van der Waals surface area contributed by atoms with Crippen molar-refractivity contribution in [3.05, 3.63) is 47.8 Å². The maximum Gasteiger partial charge on any atom is 0.256 e. The summed E-state index contributed by atoms with van der Waals surface area (Å²) in [5.41, 5.74) is 0.460. The highest BCUT2D eigenvalue weighted by Crippen LogP contribution is 2.22. The maximum atomic E-state index is 12.0. The average molecular weight is 517 g/mol. The zero-order valence-electron chi connectivity index (χ0n) is 9.12. The van der Waals surface area contributed by atoms with E-state index in [4.69, 9.17) is 11.6 Å². The van der Waals surface area contributed by atoms with Crippen LogP contribution in [0.3, 0.4) is 0 Å². The molecule has 4 nitrogen and oxygen atoms in total. The number of nitrogens with zero attached hydrogens (tertiary/aromatic N) is 2. The molecule has 0 unspecified atom stereocenters. The monoisotopic (exact) mass is 515 g/mol. The van der Waals surface area contributed by atoms with E-state index in [9.17, 15) is 4.79 Å². The Morgan fingerprint density at radius 2 is 2.11 bits per heavy atom. The molecular formula is C11H5Br2ClIN3O. The largest absolute Gasteiger partial charge is 0.304 e. The van der Waals surface area contributed by atoms with Gasteiger partial charge in [0.1, 0.15) is 9.21 Å². The Kier molecular flexibility index (Phi) is 5.15. The van der Waals surface area contributed by atoms with E-state index in [-0.39, 0.29) is 5.91 Å². The van der Waals surface area contributed by atoms with Crippen molar-refractivity contribution in [3.8, 4) is 0 Å². The lowest BCUT2D eigenvalue weighted by Gasteiger charge is -2.06. The van der Waals surface area contributed by atoms with Gasteiger partial charge in [0.25, 0.3) is 5.91 Å². The van der Waals surface area contributed by atoms with Gasteiger partial charge < -0.3 is 5.32 Å². The molecule has 0 aliphatic carbocycles. The van der Waals surface area contributed by atoms with Gasteiger partial charge in [-0.1, -0.05) is 11.6 Å². The van der Waals surface area contributed by atoms with Crippen molar-refractivity contribution in [2.75, 3.05) is 5.32 Å². The van der Waals surface area contributed by atoms with Crippen molar-refractivity contribution in [2.24, 2.45) is 0 Å². The summed E-state index contributed by atoms with van der Waals surface area (Å²) < 4.78 is 1.92. The van der Waals surface area contributed by atoms with Gasteiger partial charge in [0.15, 0.2) is 5.82 Å². The zero-order valence-corrected chi connectivity index (χ0v) is 15.2. The highest BCUT2D eigenvalue weighted by Gasteiger charge is 2.11. The Morgan fingerprint density at radius 3 is 2.74 bits per heavy atom. The third-order valence-electron chi connectivity index (χ3n) is 2.11. The molecule has 0 atom stereocenters. The van der Waals surface area contributed by atoms with Gasteiger partial charge in [-0.05, 0) is 72.6 Å². The van der Waals surface area contributed by atoms with Crippen LogP contribution in [0.5, 0.6) is 0 Å². The lowest BCUT2D eigenvalue weighted by atomic mass is 10.2. The standard InChI is InChI=1S/C11H5Br2ClIN3O/c12-8-4-16-10(9(13)17-8)18-11(19)5-1-2-7(15)6(14)3-5/h1-4H,(H,16,18,19). The van der Waals surface area contributed by atoms with Crippen LogP contribution in [-0.2, 0) is 0 Å².